The van der Waals surface area contributed by atoms with Gasteiger partial charge in [0.2, 0.25) is 0 Å². The Labute approximate surface area is 127 Å². The van der Waals surface area contributed by atoms with Crippen LogP contribution in [0, 0.1) is 0 Å². The summed E-state index contributed by atoms with van der Waals surface area (Å²) in [6.45, 7) is 8.67. The Morgan fingerprint density at radius 1 is 1.33 bits per heavy atom. The molecule has 0 fully saturated rings. The first kappa shape index (κ1) is 15.8. The maximum absolute atomic E-state index is 11.9. The van der Waals surface area contributed by atoms with Crippen molar-refractivity contribution in [3.63, 3.8) is 0 Å². The normalized spacial score (nSPS) is 16.6. The average Bonchev–Trinajstić information content (AvgIpc) is 2.89. The first-order valence-electron chi connectivity index (χ1n) is 7.96. The van der Waals surface area contributed by atoms with Crippen LogP contribution in [-0.2, 0) is 11.2 Å². The molecule has 0 spiro atoms. The van der Waals surface area contributed by atoms with Crippen LogP contribution in [-0.4, -0.2) is 37.0 Å². The minimum absolute atomic E-state index is 0.0472. The van der Waals surface area contributed by atoms with Crippen LogP contribution in [0.15, 0.2) is 18.2 Å². The third kappa shape index (κ3) is 3.76. The SMILES string of the molecule is CCNC1CCc2cc(OCC(=O)N(CC)CC)ccc21. The zero-order valence-electron chi connectivity index (χ0n) is 13.3. The Bertz CT molecular complexity index is 484. The summed E-state index contributed by atoms with van der Waals surface area (Å²) >= 11 is 0. The summed E-state index contributed by atoms with van der Waals surface area (Å²) in [5, 5.41) is 3.50. The highest BCUT2D eigenvalue weighted by molar-refractivity contribution is 5.77. The molecular formula is C17H26N2O2. The summed E-state index contributed by atoms with van der Waals surface area (Å²) < 4.78 is 5.66. The van der Waals surface area contributed by atoms with E-state index in [4.69, 9.17) is 4.74 Å². The molecule has 1 amide bonds. The largest absolute Gasteiger partial charge is 0.484 e. The molecule has 4 heteroatoms. The van der Waals surface area contributed by atoms with E-state index in [1.807, 2.05) is 19.9 Å². The number of ether oxygens (including phenoxy) is 1. The van der Waals surface area contributed by atoms with E-state index in [9.17, 15) is 4.79 Å². The topological polar surface area (TPSA) is 41.6 Å². The molecule has 0 bridgehead atoms. The quantitative estimate of drug-likeness (QED) is 0.839. The summed E-state index contributed by atoms with van der Waals surface area (Å²) in [7, 11) is 0. The first-order valence-corrected chi connectivity index (χ1v) is 7.96. The Morgan fingerprint density at radius 3 is 2.76 bits per heavy atom. The smallest absolute Gasteiger partial charge is 0.260 e. The van der Waals surface area contributed by atoms with E-state index in [0.29, 0.717) is 6.04 Å². The lowest BCUT2D eigenvalue weighted by molar-refractivity contribution is -0.132. The Balaban J connectivity index is 1.96. The number of benzene rings is 1. The third-order valence-electron chi connectivity index (χ3n) is 4.12. The van der Waals surface area contributed by atoms with Crippen molar-refractivity contribution >= 4 is 5.91 Å². The monoisotopic (exact) mass is 290 g/mol. The molecule has 0 aromatic heterocycles. The molecule has 1 aliphatic rings. The van der Waals surface area contributed by atoms with Crippen LogP contribution in [0.5, 0.6) is 5.75 Å². The van der Waals surface area contributed by atoms with Crippen LogP contribution in [0.2, 0.25) is 0 Å². The minimum atomic E-state index is 0.0472. The van der Waals surface area contributed by atoms with Crippen LogP contribution >= 0.6 is 0 Å². The molecule has 21 heavy (non-hydrogen) atoms. The second kappa shape index (κ2) is 7.46. The summed E-state index contributed by atoms with van der Waals surface area (Å²) in [5.74, 6) is 0.845. The molecule has 1 aromatic carbocycles. The highest BCUT2D eigenvalue weighted by Gasteiger charge is 2.22. The molecule has 116 valence electrons. The second-order valence-corrected chi connectivity index (χ2v) is 5.36. The Hall–Kier alpha value is -1.55. The van der Waals surface area contributed by atoms with Gasteiger partial charge in [-0.3, -0.25) is 4.79 Å². The number of aryl methyl sites for hydroxylation is 1. The number of nitrogens with zero attached hydrogens (tertiary/aromatic N) is 1. The number of nitrogens with one attached hydrogen (secondary N) is 1. The predicted molar refractivity (Wildman–Crippen MR) is 84.6 cm³/mol. The molecule has 1 aromatic rings. The van der Waals surface area contributed by atoms with Crippen molar-refractivity contribution in [2.24, 2.45) is 0 Å². The molecule has 0 saturated heterocycles. The fourth-order valence-corrected chi connectivity index (χ4v) is 2.95. The van der Waals surface area contributed by atoms with Gasteiger partial charge in [-0.25, -0.2) is 0 Å². The van der Waals surface area contributed by atoms with Crippen molar-refractivity contribution in [1.29, 1.82) is 0 Å². The van der Waals surface area contributed by atoms with E-state index in [2.05, 4.69) is 24.4 Å². The summed E-state index contributed by atoms with van der Waals surface area (Å²) in [5.41, 5.74) is 2.72. The van der Waals surface area contributed by atoms with Crippen LogP contribution in [0.1, 0.15) is 44.4 Å². The standard InChI is InChI=1S/C17H26N2O2/c1-4-18-16-10-7-13-11-14(8-9-15(13)16)21-12-17(20)19(5-2)6-3/h8-9,11,16,18H,4-7,10,12H2,1-3H3. The van der Waals surface area contributed by atoms with Crippen LogP contribution in [0.25, 0.3) is 0 Å². The highest BCUT2D eigenvalue weighted by Crippen LogP contribution is 2.33. The van der Waals surface area contributed by atoms with Gasteiger partial charge in [0.1, 0.15) is 5.75 Å². The zero-order valence-corrected chi connectivity index (χ0v) is 13.3. The third-order valence-corrected chi connectivity index (χ3v) is 4.12. The van der Waals surface area contributed by atoms with Crippen molar-refractivity contribution in [2.45, 2.75) is 39.7 Å². The molecule has 4 nitrogen and oxygen atoms in total. The molecule has 1 N–H and O–H groups in total. The maximum atomic E-state index is 11.9. The lowest BCUT2D eigenvalue weighted by Crippen LogP contribution is -2.34. The number of likely N-dealkylation sites (N-methyl/N-ethyl adjacent to an activating group) is 1. The van der Waals surface area contributed by atoms with Crippen molar-refractivity contribution in [2.75, 3.05) is 26.2 Å². The molecule has 0 radical (unpaired) electrons. The Kier molecular flexibility index (Phi) is 5.62. The van der Waals surface area contributed by atoms with Crippen molar-refractivity contribution in [3.05, 3.63) is 29.3 Å². The number of carbonyl (C=O) groups is 1. The average molecular weight is 290 g/mol. The van der Waals surface area contributed by atoms with Gasteiger partial charge in [0.15, 0.2) is 6.61 Å². The van der Waals surface area contributed by atoms with E-state index in [1.54, 1.807) is 4.90 Å². The zero-order chi connectivity index (χ0) is 15.2. The molecule has 0 saturated carbocycles. The van der Waals surface area contributed by atoms with Gasteiger partial charge in [0.25, 0.3) is 5.91 Å². The van der Waals surface area contributed by atoms with Crippen LogP contribution < -0.4 is 10.1 Å². The minimum Gasteiger partial charge on any atom is -0.484 e. The van der Waals surface area contributed by atoms with E-state index in [0.717, 1.165) is 38.2 Å². The molecule has 0 aliphatic heterocycles. The molecule has 1 aliphatic carbocycles. The number of fused-ring (bicyclic) bond motifs is 1. The number of rotatable bonds is 7. The molecule has 0 heterocycles. The lowest BCUT2D eigenvalue weighted by atomic mass is 10.1. The lowest BCUT2D eigenvalue weighted by Gasteiger charge is -2.19. The van der Waals surface area contributed by atoms with Gasteiger partial charge in [0.05, 0.1) is 0 Å². The van der Waals surface area contributed by atoms with Gasteiger partial charge in [0, 0.05) is 19.1 Å². The molecule has 1 unspecified atom stereocenters. The van der Waals surface area contributed by atoms with E-state index >= 15 is 0 Å². The highest BCUT2D eigenvalue weighted by atomic mass is 16.5. The summed E-state index contributed by atoms with van der Waals surface area (Å²) in [6.07, 6.45) is 2.22. The molecule has 1 atom stereocenters. The Morgan fingerprint density at radius 2 is 2.10 bits per heavy atom. The van der Waals surface area contributed by atoms with Gasteiger partial charge >= 0.3 is 0 Å². The van der Waals surface area contributed by atoms with Gasteiger partial charge in [-0.1, -0.05) is 13.0 Å². The van der Waals surface area contributed by atoms with Crippen LogP contribution in [0.4, 0.5) is 0 Å². The number of hydrogen-bond acceptors (Lipinski definition) is 3. The predicted octanol–water partition coefficient (Wildman–Crippen LogP) is 2.53. The maximum Gasteiger partial charge on any atom is 0.260 e. The summed E-state index contributed by atoms with van der Waals surface area (Å²) in [4.78, 5) is 13.7. The van der Waals surface area contributed by atoms with Crippen molar-refractivity contribution in [1.82, 2.24) is 10.2 Å². The van der Waals surface area contributed by atoms with Crippen molar-refractivity contribution in [3.8, 4) is 5.75 Å². The fraction of sp³-hybridized carbons (Fsp3) is 0.588. The number of carbonyl (C=O) groups excluding carboxylic acids is 1. The van der Waals surface area contributed by atoms with Crippen molar-refractivity contribution < 1.29 is 9.53 Å². The van der Waals surface area contributed by atoms with Crippen LogP contribution in [0.3, 0.4) is 0 Å². The second-order valence-electron chi connectivity index (χ2n) is 5.36. The summed E-state index contributed by atoms with van der Waals surface area (Å²) in [6, 6.07) is 6.66. The number of amides is 1. The molecule has 2 rings (SSSR count). The molecular weight excluding hydrogens is 264 g/mol. The van der Waals surface area contributed by atoms with Gasteiger partial charge < -0.3 is 15.0 Å². The first-order chi connectivity index (χ1) is 10.2. The van der Waals surface area contributed by atoms with Gasteiger partial charge in [-0.2, -0.15) is 0 Å². The fourth-order valence-electron chi connectivity index (χ4n) is 2.95. The van der Waals surface area contributed by atoms with E-state index < -0.39 is 0 Å². The van der Waals surface area contributed by atoms with E-state index in [1.165, 1.54) is 11.1 Å². The van der Waals surface area contributed by atoms with Gasteiger partial charge in [-0.15, -0.1) is 0 Å². The van der Waals surface area contributed by atoms with E-state index in [-0.39, 0.29) is 12.5 Å². The number of hydrogen-bond donors (Lipinski definition) is 1. The van der Waals surface area contributed by atoms with Gasteiger partial charge in [-0.05, 0) is 56.5 Å².